The number of halogens is 2. The number of hydrogen-bond acceptors (Lipinski definition) is 2. The molecule has 0 aliphatic carbocycles. The molecule has 0 saturated heterocycles. The van der Waals surface area contributed by atoms with Gasteiger partial charge in [-0.05, 0) is 42.8 Å². The summed E-state index contributed by atoms with van der Waals surface area (Å²) in [7, 11) is -3.72. The Balaban J connectivity index is 2.44. The van der Waals surface area contributed by atoms with Crippen LogP contribution in [0.3, 0.4) is 0 Å². The number of nitrogens with zero attached hydrogens (tertiary/aromatic N) is 1. The third-order valence-electron chi connectivity index (χ3n) is 3.05. The molecular weight excluding hydrogens is 313 g/mol. The smallest absolute Gasteiger partial charge is 0.264 e. The Bertz CT molecular complexity index is 717. The summed E-state index contributed by atoms with van der Waals surface area (Å²) in [6.07, 6.45) is 0. The van der Waals surface area contributed by atoms with Gasteiger partial charge in [-0.25, -0.2) is 12.8 Å². The Morgan fingerprint density at radius 1 is 1.14 bits per heavy atom. The molecule has 0 unspecified atom stereocenters. The zero-order valence-corrected chi connectivity index (χ0v) is 13.0. The lowest BCUT2D eigenvalue weighted by atomic mass is 10.2. The van der Waals surface area contributed by atoms with Gasteiger partial charge in [-0.3, -0.25) is 4.31 Å². The second kappa shape index (κ2) is 6.45. The largest absolute Gasteiger partial charge is 0.267 e. The van der Waals surface area contributed by atoms with Crippen LogP contribution in [0.25, 0.3) is 0 Å². The standard InChI is InChI=1S/C15H15ClFNO2S/c1-2-18(14-5-3-4-13(17)10-14)21(19,20)15-8-6-12(11-16)7-9-15/h3-10H,2,11H2,1H3. The fourth-order valence-corrected chi connectivity index (χ4v) is 3.64. The number of sulfonamides is 1. The van der Waals surface area contributed by atoms with Crippen LogP contribution >= 0.6 is 11.6 Å². The highest BCUT2D eigenvalue weighted by Crippen LogP contribution is 2.24. The minimum absolute atomic E-state index is 0.155. The van der Waals surface area contributed by atoms with Crippen LogP contribution in [0.1, 0.15) is 12.5 Å². The fraction of sp³-hybridized carbons (Fsp3) is 0.200. The lowest BCUT2D eigenvalue weighted by Crippen LogP contribution is -2.30. The third-order valence-corrected chi connectivity index (χ3v) is 5.27. The van der Waals surface area contributed by atoms with E-state index in [2.05, 4.69) is 0 Å². The van der Waals surface area contributed by atoms with E-state index in [0.29, 0.717) is 11.6 Å². The second-order valence-corrected chi connectivity index (χ2v) is 6.56. The first-order chi connectivity index (χ1) is 9.98. The Morgan fingerprint density at radius 2 is 1.81 bits per heavy atom. The van der Waals surface area contributed by atoms with Crippen molar-refractivity contribution in [2.45, 2.75) is 17.7 Å². The van der Waals surface area contributed by atoms with Gasteiger partial charge < -0.3 is 0 Å². The Kier molecular flexibility index (Phi) is 4.85. The van der Waals surface area contributed by atoms with E-state index in [-0.39, 0.29) is 11.4 Å². The van der Waals surface area contributed by atoms with E-state index in [1.165, 1.54) is 34.6 Å². The molecule has 0 radical (unpaired) electrons. The molecule has 21 heavy (non-hydrogen) atoms. The lowest BCUT2D eigenvalue weighted by molar-refractivity contribution is 0.591. The molecule has 3 nitrogen and oxygen atoms in total. The van der Waals surface area contributed by atoms with Gasteiger partial charge in [0.05, 0.1) is 10.6 Å². The van der Waals surface area contributed by atoms with Gasteiger partial charge in [0.1, 0.15) is 5.82 Å². The summed E-state index contributed by atoms with van der Waals surface area (Å²) in [5.74, 6) is -0.152. The van der Waals surface area contributed by atoms with E-state index >= 15 is 0 Å². The molecule has 0 amide bonds. The first kappa shape index (κ1) is 15.8. The van der Waals surface area contributed by atoms with Gasteiger partial charge in [-0.2, -0.15) is 0 Å². The summed E-state index contributed by atoms with van der Waals surface area (Å²) in [5, 5.41) is 0. The monoisotopic (exact) mass is 327 g/mol. The number of rotatable bonds is 5. The zero-order valence-electron chi connectivity index (χ0n) is 11.5. The first-order valence-corrected chi connectivity index (χ1v) is 8.39. The van der Waals surface area contributed by atoms with Gasteiger partial charge in [0.2, 0.25) is 0 Å². The Hall–Kier alpha value is -1.59. The minimum Gasteiger partial charge on any atom is -0.267 e. The summed E-state index contributed by atoms with van der Waals surface area (Å²) in [6, 6.07) is 11.9. The molecular formula is C15H15ClFNO2S. The van der Waals surface area contributed by atoms with Crippen LogP contribution in [0, 0.1) is 5.82 Å². The molecule has 0 aromatic heterocycles. The third kappa shape index (κ3) is 3.36. The van der Waals surface area contributed by atoms with Crippen molar-refractivity contribution in [3.8, 4) is 0 Å². The van der Waals surface area contributed by atoms with E-state index in [0.717, 1.165) is 5.56 Å². The summed E-state index contributed by atoms with van der Waals surface area (Å²) in [4.78, 5) is 0.155. The molecule has 0 aliphatic rings. The maximum atomic E-state index is 13.3. The van der Waals surface area contributed by atoms with E-state index < -0.39 is 15.8 Å². The summed E-state index contributed by atoms with van der Waals surface area (Å²) < 4.78 is 39.8. The average Bonchev–Trinajstić information content (AvgIpc) is 2.48. The van der Waals surface area contributed by atoms with Gasteiger partial charge in [0.25, 0.3) is 10.0 Å². The number of benzene rings is 2. The van der Waals surface area contributed by atoms with E-state index in [4.69, 9.17) is 11.6 Å². The fourth-order valence-electron chi connectivity index (χ4n) is 2.00. The quantitative estimate of drug-likeness (QED) is 0.784. The van der Waals surface area contributed by atoms with Crippen molar-refractivity contribution in [1.29, 1.82) is 0 Å². The minimum atomic E-state index is -3.72. The van der Waals surface area contributed by atoms with Crippen molar-refractivity contribution < 1.29 is 12.8 Å². The van der Waals surface area contributed by atoms with Crippen molar-refractivity contribution in [1.82, 2.24) is 0 Å². The molecule has 2 aromatic rings. The Labute approximate surface area is 129 Å². The highest BCUT2D eigenvalue weighted by Gasteiger charge is 2.23. The molecule has 2 aromatic carbocycles. The Morgan fingerprint density at radius 3 is 2.33 bits per heavy atom. The summed E-state index contributed by atoms with van der Waals surface area (Å²) in [5.41, 5.74) is 1.14. The van der Waals surface area contributed by atoms with E-state index in [1.807, 2.05) is 0 Å². The van der Waals surface area contributed by atoms with Gasteiger partial charge in [0, 0.05) is 12.4 Å². The topological polar surface area (TPSA) is 37.4 Å². The van der Waals surface area contributed by atoms with Crippen LogP contribution in [0.15, 0.2) is 53.4 Å². The van der Waals surface area contributed by atoms with Crippen molar-refractivity contribution in [2.24, 2.45) is 0 Å². The van der Waals surface area contributed by atoms with Crippen LogP contribution in [0.5, 0.6) is 0 Å². The molecule has 0 heterocycles. The van der Waals surface area contributed by atoms with Crippen molar-refractivity contribution in [3.63, 3.8) is 0 Å². The van der Waals surface area contributed by atoms with Crippen LogP contribution in [0.2, 0.25) is 0 Å². The van der Waals surface area contributed by atoms with E-state index in [9.17, 15) is 12.8 Å². The number of hydrogen-bond donors (Lipinski definition) is 0. The predicted molar refractivity (Wildman–Crippen MR) is 82.6 cm³/mol. The molecule has 0 bridgehead atoms. The first-order valence-electron chi connectivity index (χ1n) is 6.42. The lowest BCUT2D eigenvalue weighted by Gasteiger charge is -2.23. The summed E-state index contributed by atoms with van der Waals surface area (Å²) in [6.45, 7) is 1.92. The molecule has 0 fully saturated rings. The molecule has 2 rings (SSSR count). The number of anilines is 1. The molecule has 112 valence electrons. The van der Waals surface area contributed by atoms with Gasteiger partial charge >= 0.3 is 0 Å². The average molecular weight is 328 g/mol. The van der Waals surface area contributed by atoms with Crippen LogP contribution in [-0.2, 0) is 15.9 Å². The molecule has 0 N–H and O–H groups in total. The molecule has 0 atom stereocenters. The highest BCUT2D eigenvalue weighted by molar-refractivity contribution is 7.92. The summed E-state index contributed by atoms with van der Waals surface area (Å²) >= 11 is 5.70. The van der Waals surface area contributed by atoms with E-state index in [1.54, 1.807) is 25.1 Å². The van der Waals surface area contributed by atoms with Crippen molar-refractivity contribution >= 4 is 27.3 Å². The highest BCUT2D eigenvalue weighted by atomic mass is 35.5. The zero-order chi connectivity index (χ0) is 15.5. The molecule has 0 saturated carbocycles. The van der Waals surface area contributed by atoms with Gasteiger partial charge in [0.15, 0.2) is 0 Å². The van der Waals surface area contributed by atoms with Crippen LogP contribution < -0.4 is 4.31 Å². The van der Waals surface area contributed by atoms with Crippen molar-refractivity contribution in [2.75, 3.05) is 10.8 Å². The molecule has 0 aliphatic heterocycles. The molecule has 6 heteroatoms. The van der Waals surface area contributed by atoms with Gasteiger partial charge in [-0.1, -0.05) is 18.2 Å². The van der Waals surface area contributed by atoms with Crippen LogP contribution in [-0.4, -0.2) is 15.0 Å². The van der Waals surface area contributed by atoms with Crippen LogP contribution in [0.4, 0.5) is 10.1 Å². The maximum Gasteiger partial charge on any atom is 0.264 e. The molecule has 0 spiro atoms. The SMILES string of the molecule is CCN(c1cccc(F)c1)S(=O)(=O)c1ccc(CCl)cc1. The number of alkyl halides is 1. The normalized spacial score (nSPS) is 11.4. The van der Waals surface area contributed by atoms with Gasteiger partial charge in [-0.15, -0.1) is 11.6 Å². The van der Waals surface area contributed by atoms with Crippen molar-refractivity contribution in [3.05, 3.63) is 59.9 Å². The predicted octanol–water partition coefficient (Wildman–Crippen LogP) is 3.78. The maximum absolute atomic E-state index is 13.3. The second-order valence-electron chi connectivity index (χ2n) is 4.43.